The van der Waals surface area contributed by atoms with Crippen molar-refractivity contribution < 1.29 is 13.2 Å². The fraction of sp³-hybridized carbons (Fsp3) is 0.300. The van der Waals surface area contributed by atoms with Crippen LogP contribution in [0, 0.1) is 0 Å². The fourth-order valence-corrected chi connectivity index (χ4v) is 1.86. The lowest BCUT2D eigenvalue weighted by atomic mass is 10.2. The molecule has 1 amide bonds. The summed E-state index contributed by atoms with van der Waals surface area (Å²) in [6.07, 6.45) is 1.37. The monoisotopic (exact) mass is 276 g/mol. The van der Waals surface area contributed by atoms with Gasteiger partial charge in [0.1, 0.15) is 0 Å². The number of nitrogens with one attached hydrogen (secondary N) is 2. The van der Waals surface area contributed by atoms with Crippen LogP contribution in [0.2, 0.25) is 5.02 Å². The molecule has 0 saturated heterocycles. The van der Waals surface area contributed by atoms with E-state index in [2.05, 4.69) is 10.0 Å². The summed E-state index contributed by atoms with van der Waals surface area (Å²) in [5.41, 5.74) is 0.732. The zero-order chi connectivity index (χ0) is 13.1. The van der Waals surface area contributed by atoms with E-state index in [0.29, 0.717) is 22.8 Å². The number of carbonyl (C=O) groups is 1. The van der Waals surface area contributed by atoms with E-state index in [4.69, 9.17) is 11.6 Å². The van der Waals surface area contributed by atoms with Crippen molar-refractivity contribution in [3.05, 3.63) is 23.2 Å². The number of benzene rings is 1. The number of carbonyl (C=O) groups excluding carboxylic acids is 1. The molecule has 0 unspecified atom stereocenters. The maximum atomic E-state index is 11.2. The smallest absolute Gasteiger partial charge is 0.229 e. The predicted molar refractivity (Wildman–Crippen MR) is 68.8 cm³/mol. The lowest BCUT2D eigenvalue weighted by Gasteiger charge is -2.09. The SMILES string of the molecule is CCC(=O)Nc1cc(NS(C)(=O)=O)ccc1Cl. The molecule has 0 atom stereocenters. The lowest BCUT2D eigenvalue weighted by Crippen LogP contribution is -2.12. The maximum absolute atomic E-state index is 11.2. The van der Waals surface area contributed by atoms with Crippen molar-refractivity contribution >= 4 is 38.9 Å². The molecule has 0 aliphatic rings. The van der Waals surface area contributed by atoms with Crippen LogP contribution in [0.5, 0.6) is 0 Å². The number of hydrogen-bond acceptors (Lipinski definition) is 3. The Labute approximate surface area is 105 Å². The number of halogens is 1. The van der Waals surface area contributed by atoms with E-state index in [1.807, 2.05) is 0 Å². The molecule has 7 heteroatoms. The van der Waals surface area contributed by atoms with Gasteiger partial charge in [-0.15, -0.1) is 0 Å². The Morgan fingerprint density at radius 1 is 1.41 bits per heavy atom. The van der Waals surface area contributed by atoms with E-state index in [9.17, 15) is 13.2 Å². The molecule has 5 nitrogen and oxygen atoms in total. The van der Waals surface area contributed by atoms with Crippen LogP contribution in [-0.2, 0) is 14.8 Å². The Balaban J connectivity index is 2.98. The van der Waals surface area contributed by atoms with Crippen molar-refractivity contribution in [2.45, 2.75) is 13.3 Å². The van der Waals surface area contributed by atoms with Gasteiger partial charge in [0.05, 0.1) is 22.7 Å². The van der Waals surface area contributed by atoms with Crippen LogP contribution >= 0.6 is 11.6 Å². The van der Waals surface area contributed by atoms with E-state index in [-0.39, 0.29) is 5.91 Å². The molecule has 0 saturated carbocycles. The highest BCUT2D eigenvalue weighted by Gasteiger charge is 2.07. The molecule has 1 rings (SSSR count). The molecule has 94 valence electrons. The Morgan fingerprint density at radius 3 is 2.59 bits per heavy atom. The highest BCUT2D eigenvalue weighted by Crippen LogP contribution is 2.26. The first-order valence-electron chi connectivity index (χ1n) is 4.89. The van der Waals surface area contributed by atoms with Gasteiger partial charge in [-0.25, -0.2) is 8.42 Å². The molecule has 2 N–H and O–H groups in total. The van der Waals surface area contributed by atoms with Crippen LogP contribution in [0.3, 0.4) is 0 Å². The summed E-state index contributed by atoms with van der Waals surface area (Å²) in [6.45, 7) is 1.71. The molecule has 17 heavy (non-hydrogen) atoms. The molecule has 0 aromatic heterocycles. The van der Waals surface area contributed by atoms with E-state index in [1.54, 1.807) is 6.92 Å². The van der Waals surface area contributed by atoms with E-state index in [0.717, 1.165) is 6.26 Å². The van der Waals surface area contributed by atoms with Crippen molar-refractivity contribution in [3.63, 3.8) is 0 Å². The zero-order valence-corrected chi connectivity index (χ0v) is 11.0. The van der Waals surface area contributed by atoms with Gasteiger partial charge in [0.2, 0.25) is 15.9 Å². The molecule has 1 aromatic rings. The first-order valence-corrected chi connectivity index (χ1v) is 7.16. The summed E-state index contributed by atoms with van der Waals surface area (Å²) in [6, 6.07) is 4.50. The predicted octanol–water partition coefficient (Wildman–Crippen LogP) is 2.06. The van der Waals surface area contributed by atoms with Gasteiger partial charge in [0.15, 0.2) is 0 Å². The van der Waals surface area contributed by atoms with Crippen LogP contribution in [0.25, 0.3) is 0 Å². The second-order valence-electron chi connectivity index (χ2n) is 3.47. The fourth-order valence-electron chi connectivity index (χ4n) is 1.14. The highest BCUT2D eigenvalue weighted by atomic mass is 35.5. The molecule has 0 fully saturated rings. The van der Waals surface area contributed by atoms with Crippen LogP contribution in [0.15, 0.2) is 18.2 Å². The minimum absolute atomic E-state index is 0.191. The number of anilines is 2. The Kier molecular flexibility index (Phi) is 4.36. The average molecular weight is 277 g/mol. The Morgan fingerprint density at radius 2 is 2.06 bits per heavy atom. The van der Waals surface area contributed by atoms with Crippen molar-refractivity contribution in [1.82, 2.24) is 0 Å². The molecular weight excluding hydrogens is 264 g/mol. The normalized spacial score (nSPS) is 11.0. The Hall–Kier alpha value is -1.27. The average Bonchev–Trinajstić information content (AvgIpc) is 2.20. The molecule has 0 spiro atoms. The third kappa shape index (κ3) is 4.62. The molecule has 1 aromatic carbocycles. The van der Waals surface area contributed by atoms with Gasteiger partial charge < -0.3 is 5.32 Å². The third-order valence-corrected chi connectivity index (χ3v) is 2.80. The summed E-state index contributed by atoms with van der Waals surface area (Å²) in [4.78, 5) is 11.2. The van der Waals surface area contributed by atoms with Crippen molar-refractivity contribution in [1.29, 1.82) is 0 Å². The third-order valence-electron chi connectivity index (χ3n) is 1.86. The standard InChI is InChI=1S/C10H13ClN2O3S/c1-3-10(14)12-9-6-7(4-5-8(9)11)13-17(2,15)16/h4-6,13H,3H2,1-2H3,(H,12,14). The highest BCUT2D eigenvalue weighted by molar-refractivity contribution is 7.92. The first kappa shape index (κ1) is 13.8. The van der Waals surface area contributed by atoms with E-state index < -0.39 is 10.0 Å². The van der Waals surface area contributed by atoms with Gasteiger partial charge in [0, 0.05) is 6.42 Å². The summed E-state index contributed by atoms with van der Waals surface area (Å²) in [5.74, 6) is -0.191. The summed E-state index contributed by atoms with van der Waals surface area (Å²) >= 11 is 5.88. The van der Waals surface area contributed by atoms with E-state index >= 15 is 0 Å². The van der Waals surface area contributed by atoms with Crippen molar-refractivity contribution in [2.75, 3.05) is 16.3 Å². The Bertz CT molecular complexity index is 528. The van der Waals surface area contributed by atoms with Gasteiger partial charge in [-0.2, -0.15) is 0 Å². The van der Waals surface area contributed by atoms with Gasteiger partial charge in [-0.1, -0.05) is 18.5 Å². The largest absolute Gasteiger partial charge is 0.325 e. The molecule has 0 aliphatic heterocycles. The second-order valence-corrected chi connectivity index (χ2v) is 5.63. The topological polar surface area (TPSA) is 75.3 Å². The molecule has 0 bridgehead atoms. The number of rotatable bonds is 4. The summed E-state index contributed by atoms with van der Waals surface area (Å²) < 4.78 is 24.4. The number of sulfonamides is 1. The van der Waals surface area contributed by atoms with Gasteiger partial charge in [0.25, 0.3) is 0 Å². The van der Waals surface area contributed by atoms with Crippen LogP contribution < -0.4 is 10.0 Å². The summed E-state index contributed by atoms with van der Waals surface area (Å²) in [5, 5.41) is 2.93. The maximum Gasteiger partial charge on any atom is 0.229 e. The van der Waals surface area contributed by atoms with Gasteiger partial charge in [-0.3, -0.25) is 9.52 Å². The second kappa shape index (κ2) is 5.37. The lowest BCUT2D eigenvalue weighted by molar-refractivity contribution is -0.115. The van der Waals surface area contributed by atoms with Gasteiger partial charge in [-0.05, 0) is 18.2 Å². The van der Waals surface area contributed by atoms with Gasteiger partial charge >= 0.3 is 0 Å². The minimum atomic E-state index is -3.35. The summed E-state index contributed by atoms with van der Waals surface area (Å²) in [7, 11) is -3.35. The van der Waals surface area contributed by atoms with Crippen LogP contribution in [0.4, 0.5) is 11.4 Å². The zero-order valence-electron chi connectivity index (χ0n) is 9.45. The van der Waals surface area contributed by atoms with Crippen LogP contribution in [-0.4, -0.2) is 20.6 Å². The molecule has 0 aliphatic carbocycles. The van der Waals surface area contributed by atoms with Crippen molar-refractivity contribution in [3.8, 4) is 0 Å². The number of hydrogen-bond donors (Lipinski definition) is 2. The quantitative estimate of drug-likeness (QED) is 0.884. The first-order chi connectivity index (χ1) is 7.81. The number of amides is 1. The van der Waals surface area contributed by atoms with Crippen molar-refractivity contribution in [2.24, 2.45) is 0 Å². The molecule has 0 radical (unpaired) electrons. The molecular formula is C10H13ClN2O3S. The minimum Gasteiger partial charge on any atom is -0.325 e. The van der Waals surface area contributed by atoms with Crippen LogP contribution in [0.1, 0.15) is 13.3 Å². The molecule has 0 heterocycles. The van der Waals surface area contributed by atoms with E-state index in [1.165, 1.54) is 18.2 Å².